The van der Waals surface area contributed by atoms with Crippen molar-refractivity contribution in [2.24, 2.45) is 0 Å². The Morgan fingerprint density at radius 3 is 2.74 bits per heavy atom. The average molecular weight is 286 g/mol. The lowest BCUT2D eigenvalue weighted by Gasteiger charge is -2.13. The molecule has 19 heavy (non-hydrogen) atoms. The normalized spacial score (nSPS) is 11.7. The first kappa shape index (κ1) is 15.3. The third-order valence-corrected chi connectivity index (χ3v) is 2.60. The minimum absolute atomic E-state index is 0.231. The first-order chi connectivity index (χ1) is 8.95. The van der Waals surface area contributed by atoms with Crippen molar-refractivity contribution in [3.05, 3.63) is 28.8 Å². The van der Waals surface area contributed by atoms with Gasteiger partial charge in [-0.25, -0.2) is 0 Å². The van der Waals surface area contributed by atoms with Crippen molar-refractivity contribution in [3.63, 3.8) is 0 Å². The summed E-state index contributed by atoms with van der Waals surface area (Å²) in [5.74, 6) is -1.24. The van der Waals surface area contributed by atoms with Crippen LogP contribution in [0.5, 0.6) is 5.75 Å². The zero-order chi connectivity index (χ0) is 14.4. The molecule has 0 aliphatic carbocycles. The number of ether oxygens (including phenoxy) is 1. The van der Waals surface area contributed by atoms with Gasteiger partial charge < -0.3 is 15.2 Å². The lowest BCUT2D eigenvalue weighted by Crippen LogP contribution is -2.38. The second kappa shape index (κ2) is 6.99. The van der Waals surface area contributed by atoms with E-state index in [0.29, 0.717) is 17.4 Å². The summed E-state index contributed by atoms with van der Waals surface area (Å²) in [6.07, 6.45) is 0.801. The van der Waals surface area contributed by atoms with Gasteiger partial charge in [0.1, 0.15) is 11.8 Å². The van der Waals surface area contributed by atoms with Gasteiger partial charge in [-0.3, -0.25) is 9.59 Å². The van der Waals surface area contributed by atoms with E-state index < -0.39 is 17.9 Å². The molecule has 1 rings (SSSR count). The van der Waals surface area contributed by atoms with Crippen molar-refractivity contribution in [2.75, 3.05) is 6.61 Å². The molecule has 0 radical (unpaired) electrons. The van der Waals surface area contributed by atoms with Crippen molar-refractivity contribution in [1.82, 2.24) is 5.32 Å². The first-order valence-electron chi connectivity index (χ1n) is 5.91. The van der Waals surface area contributed by atoms with Crippen LogP contribution in [0, 0.1) is 0 Å². The maximum atomic E-state index is 12.0. The zero-order valence-electron chi connectivity index (χ0n) is 10.8. The van der Waals surface area contributed by atoms with Crippen LogP contribution in [0.2, 0.25) is 5.02 Å². The molecule has 1 atom stereocenters. The third-order valence-electron chi connectivity index (χ3n) is 2.37. The van der Waals surface area contributed by atoms with Crippen molar-refractivity contribution >= 4 is 23.5 Å². The van der Waals surface area contributed by atoms with Crippen LogP contribution >= 0.6 is 11.6 Å². The summed E-state index contributed by atoms with van der Waals surface area (Å²) in [7, 11) is 0. The summed E-state index contributed by atoms with van der Waals surface area (Å²) >= 11 is 5.84. The van der Waals surface area contributed by atoms with Crippen LogP contribution in [-0.2, 0) is 4.79 Å². The summed E-state index contributed by atoms with van der Waals surface area (Å²) in [5.41, 5.74) is 0.231. The second-order valence-electron chi connectivity index (χ2n) is 4.02. The van der Waals surface area contributed by atoms with Gasteiger partial charge in [0.2, 0.25) is 0 Å². The number of aliphatic carboxylic acids is 1. The molecule has 0 saturated heterocycles. The zero-order valence-corrected chi connectivity index (χ0v) is 11.5. The van der Waals surface area contributed by atoms with Crippen molar-refractivity contribution in [3.8, 4) is 5.75 Å². The molecule has 104 valence electrons. The molecule has 0 aliphatic rings. The maximum absolute atomic E-state index is 12.0. The maximum Gasteiger partial charge on any atom is 0.325 e. The highest BCUT2D eigenvalue weighted by atomic mass is 35.5. The van der Waals surface area contributed by atoms with Gasteiger partial charge in [0.15, 0.2) is 0 Å². The smallest absolute Gasteiger partial charge is 0.325 e. The summed E-state index contributed by atoms with van der Waals surface area (Å²) in [6.45, 7) is 3.80. The molecule has 0 fully saturated rings. The Morgan fingerprint density at radius 2 is 2.16 bits per heavy atom. The Hall–Kier alpha value is -1.75. The van der Waals surface area contributed by atoms with Crippen LogP contribution < -0.4 is 10.1 Å². The van der Waals surface area contributed by atoms with E-state index >= 15 is 0 Å². The SMILES string of the molecule is CCCOc1ccc(Cl)cc1C(=O)N[C@@H](C)C(=O)O. The van der Waals surface area contributed by atoms with Gasteiger partial charge in [-0.15, -0.1) is 0 Å². The number of nitrogens with one attached hydrogen (secondary N) is 1. The van der Waals surface area contributed by atoms with E-state index in [1.165, 1.54) is 13.0 Å². The summed E-state index contributed by atoms with van der Waals surface area (Å²) in [5, 5.41) is 11.5. The molecule has 5 nitrogen and oxygen atoms in total. The Labute approximate surface area is 116 Å². The Balaban J connectivity index is 2.93. The molecular weight excluding hydrogens is 270 g/mol. The fourth-order valence-electron chi connectivity index (χ4n) is 1.35. The average Bonchev–Trinajstić information content (AvgIpc) is 2.36. The monoisotopic (exact) mass is 285 g/mol. The molecule has 0 spiro atoms. The van der Waals surface area contributed by atoms with Crippen LogP contribution in [0.25, 0.3) is 0 Å². The largest absolute Gasteiger partial charge is 0.493 e. The Kier molecular flexibility index (Phi) is 5.63. The first-order valence-corrected chi connectivity index (χ1v) is 6.29. The quantitative estimate of drug-likeness (QED) is 0.841. The Morgan fingerprint density at radius 1 is 1.47 bits per heavy atom. The van der Waals surface area contributed by atoms with E-state index in [0.717, 1.165) is 6.42 Å². The summed E-state index contributed by atoms with van der Waals surface area (Å²) < 4.78 is 5.44. The molecule has 6 heteroatoms. The van der Waals surface area contributed by atoms with Gasteiger partial charge in [0.05, 0.1) is 12.2 Å². The van der Waals surface area contributed by atoms with Gasteiger partial charge in [0, 0.05) is 5.02 Å². The van der Waals surface area contributed by atoms with Crippen LogP contribution in [-0.4, -0.2) is 29.6 Å². The van der Waals surface area contributed by atoms with Gasteiger partial charge in [-0.05, 0) is 31.5 Å². The van der Waals surface area contributed by atoms with Gasteiger partial charge in [-0.1, -0.05) is 18.5 Å². The summed E-state index contributed by atoms with van der Waals surface area (Å²) in [6, 6.07) is 3.68. The van der Waals surface area contributed by atoms with Crippen LogP contribution in [0.1, 0.15) is 30.6 Å². The molecule has 0 saturated carbocycles. The number of halogens is 1. The predicted molar refractivity (Wildman–Crippen MR) is 71.8 cm³/mol. The van der Waals surface area contributed by atoms with Gasteiger partial charge in [0.25, 0.3) is 5.91 Å². The van der Waals surface area contributed by atoms with Crippen molar-refractivity contribution < 1.29 is 19.4 Å². The fraction of sp³-hybridized carbons (Fsp3) is 0.385. The minimum atomic E-state index is -1.11. The van der Waals surface area contributed by atoms with E-state index in [2.05, 4.69) is 5.32 Å². The fourth-order valence-corrected chi connectivity index (χ4v) is 1.53. The number of rotatable bonds is 6. The molecule has 0 heterocycles. The number of hydrogen-bond acceptors (Lipinski definition) is 3. The number of carbonyl (C=O) groups excluding carboxylic acids is 1. The van der Waals surface area contributed by atoms with E-state index in [4.69, 9.17) is 21.4 Å². The second-order valence-corrected chi connectivity index (χ2v) is 4.46. The molecule has 0 unspecified atom stereocenters. The van der Waals surface area contributed by atoms with Crippen molar-refractivity contribution in [2.45, 2.75) is 26.3 Å². The molecule has 1 aromatic rings. The molecule has 2 N–H and O–H groups in total. The van der Waals surface area contributed by atoms with E-state index in [1.807, 2.05) is 6.92 Å². The van der Waals surface area contributed by atoms with E-state index in [9.17, 15) is 9.59 Å². The van der Waals surface area contributed by atoms with Crippen molar-refractivity contribution in [1.29, 1.82) is 0 Å². The highest BCUT2D eigenvalue weighted by molar-refractivity contribution is 6.31. The van der Waals surface area contributed by atoms with Gasteiger partial charge >= 0.3 is 5.97 Å². The van der Waals surface area contributed by atoms with E-state index in [-0.39, 0.29) is 5.56 Å². The number of hydrogen-bond donors (Lipinski definition) is 2. The minimum Gasteiger partial charge on any atom is -0.493 e. The lowest BCUT2D eigenvalue weighted by atomic mass is 10.1. The molecule has 0 aliphatic heterocycles. The number of carboxylic acid groups (broad SMARTS) is 1. The molecule has 1 aromatic carbocycles. The molecule has 0 bridgehead atoms. The standard InChI is InChI=1S/C13H16ClNO4/c1-3-6-19-11-5-4-9(14)7-10(11)12(16)15-8(2)13(17)18/h4-5,7-8H,3,6H2,1-2H3,(H,15,16)(H,17,18)/t8-/m0/s1. The van der Waals surface area contributed by atoms with Crippen LogP contribution in [0.3, 0.4) is 0 Å². The Bertz CT molecular complexity index is 476. The molecule has 0 aromatic heterocycles. The molecular formula is C13H16ClNO4. The van der Waals surface area contributed by atoms with Gasteiger partial charge in [-0.2, -0.15) is 0 Å². The number of carbonyl (C=O) groups is 2. The number of carboxylic acids is 1. The predicted octanol–water partition coefficient (Wildman–Crippen LogP) is 2.33. The highest BCUT2D eigenvalue weighted by Gasteiger charge is 2.18. The van der Waals surface area contributed by atoms with Crippen LogP contribution in [0.15, 0.2) is 18.2 Å². The highest BCUT2D eigenvalue weighted by Crippen LogP contribution is 2.23. The third kappa shape index (κ3) is 4.44. The number of amides is 1. The number of benzene rings is 1. The van der Waals surface area contributed by atoms with Crippen LogP contribution in [0.4, 0.5) is 0 Å². The van der Waals surface area contributed by atoms with E-state index in [1.54, 1.807) is 12.1 Å². The topological polar surface area (TPSA) is 75.6 Å². The molecule has 1 amide bonds. The summed E-state index contributed by atoms with van der Waals surface area (Å²) in [4.78, 5) is 22.7. The lowest BCUT2D eigenvalue weighted by molar-refractivity contribution is -0.138.